The summed E-state index contributed by atoms with van der Waals surface area (Å²) in [7, 11) is 4.05. The molecular formula is C17H28N4OS. The highest BCUT2D eigenvalue weighted by Gasteiger charge is 2.28. The Morgan fingerprint density at radius 3 is 2.74 bits per heavy atom. The van der Waals surface area contributed by atoms with Gasteiger partial charge < -0.3 is 9.64 Å². The predicted molar refractivity (Wildman–Crippen MR) is 96.5 cm³/mol. The molecule has 1 aromatic heterocycles. The smallest absolute Gasteiger partial charge is 0.134 e. The van der Waals surface area contributed by atoms with Crippen molar-refractivity contribution in [3.8, 4) is 0 Å². The summed E-state index contributed by atoms with van der Waals surface area (Å²) < 4.78 is 6.26. The van der Waals surface area contributed by atoms with Crippen LogP contribution in [0.4, 0.5) is 5.82 Å². The lowest BCUT2D eigenvalue weighted by molar-refractivity contribution is 0.0243. The van der Waals surface area contributed by atoms with Gasteiger partial charge in [0.15, 0.2) is 0 Å². The predicted octanol–water partition coefficient (Wildman–Crippen LogP) is 1.99. The Labute approximate surface area is 143 Å². The van der Waals surface area contributed by atoms with E-state index in [1.165, 1.54) is 31.0 Å². The van der Waals surface area contributed by atoms with Crippen molar-refractivity contribution in [1.29, 1.82) is 0 Å². The van der Waals surface area contributed by atoms with E-state index >= 15 is 0 Å². The van der Waals surface area contributed by atoms with Gasteiger partial charge >= 0.3 is 0 Å². The van der Waals surface area contributed by atoms with Crippen molar-refractivity contribution in [1.82, 2.24) is 14.9 Å². The van der Waals surface area contributed by atoms with E-state index in [0.717, 1.165) is 36.6 Å². The van der Waals surface area contributed by atoms with Crippen molar-refractivity contribution in [3.63, 3.8) is 0 Å². The quantitative estimate of drug-likeness (QED) is 0.819. The summed E-state index contributed by atoms with van der Waals surface area (Å²) in [4.78, 5) is 13.8. The number of nitrogens with zero attached hydrogens (tertiary/aromatic N) is 4. The fourth-order valence-corrected chi connectivity index (χ4v) is 4.34. The first-order valence-corrected chi connectivity index (χ1v) is 9.72. The van der Waals surface area contributed by atoms with Gasteiger partial charge in [0.1, 0.15) is 11.6 Å². The fourth-order valence-electron chi connectivity index (χ4n) is 3.36. The molecule has 0 spiro atoms. The standard InChI is InChI=1S/C17H28N4OS/c1-13-11-18-16(19-17(13)20(2)3)10-14-4-5-15(22-14)12-21-6-8-23-9-7-21/h11,14-15H,4-10,12H2,1-3H3/t14-,15+/m0/s1. The molecule has 128 valence electrons. The van der Waals surface area contributed by atoms with Crippen LogP contribution in [0.25, 0.3) is 0 Å². The zero-order chi connectivity index (χ0) is 16.2. The number of rotatable bonds is 5. The van der Waals surface area contributed by atoms with E-state index < -0.39 is 0 Å². The monoisotopic (exact) mass is 336 g/mol. The summed E-state index contributed by atoms with van der Waals surface area (Å²) in [5.41, 5.74) is 1.12. The summed E-state index contributed by atoms with van der Waals surface area (Å²) in [5.74, 6) is 4.44. The van der Waals surface area contributed by atoms with Gasteiger partial charge in [-0.25, -0.2) is 9.97 Å². The average Bonchev–Trinajstić information content (AvgIpc) is 2.97. The average molecular weight is 337 g/mol. The molecule has 2 atom stereocenters. The topological polar surface area (TPSA) is 41.5 Å². The second-order valence-corrected chi connectivity index (χ2v) is 7.99. The normalized spacial score (nSPS) is 25.7. The Morgan fingerprint density at radius 1 is 1.26 bits per heavy atom. The van der Waals surface area contributed by atoms with Crippen LogP contribution in [-0.4, -0.2) is 72.3 Å². The highest BCUT2D eigenvalue weighted by atomic mass is 32.2. The van der Waals surface area contributed by atoms with Gasteiger partial charge in [-0.1, -0.05) is 0 Å². The van der Waals surface area contributed by atoms with Crippen molar-refractivity contribution < 1.29 is 4.74 Å². The second-order valence-electron chi connectivity index (χ2n) is 6.76. The van der Waals surface area contributed by atoms with E-state index in [1.807, 2.05) is 25.2 Å². The molecule has 3 rings (SSSR count). The van der Waals surface area contributed by atoms with Crippen LogP contribution < -0.4 is 4.90 Å². The molecule has 0 amide bonds. The molecule has 2 fully saturated rings. The van der Waals surface area contributed by atoms with Gasteiger partial charge in [0.25, 0.3) is 0 Å². The summed E-state index contributed by atoms with van der Waals surface area (Å²) in [5, 5.41) is 0. The van der Waals surface area contributed by atoms with Gasteiger partial charge in [0.2, 0.25) is 0 Å². The molecule has 0 aromatic carbocycles. The lowest BCUT2D eigenvalue weighted by Crippen LogP contribution is -2.38. The first-order valence-electron chi connectivity index (χ1n) is 8.57. The first kappa shape index (κ1) is 17.0. The van der Waals surface area contributed by atoms with Crippen LogP contribution in [0.3, 0.4) is 0 Å². The maximum absolute atomic E-state index is 6.26. The van der Waals surface area contributed by atoms with Crippen LogP contribution >= 0.6 is 11.8 Å². The number of hydrogen-bond donors (Lipinski definition) is 0. The van der Waals surface area contributed by atoms with Gasteiger partial charge in [0.05, 0.1) is 12.2 Å². The van der Waals surface area contributed by atoms with Crippen molar-refractivity contribution in [2.24, 2.45) is 0 Å². The molecule has 0 radical (unpaired) electrons. The molecule has 3 heterocycles. The minimum atomic E-state index is 0.275. The van der Waals surface area contributed by atoms with E-state index in [1.54, 1.807) is 0 Å². The van der Waals surface area contributed by atoms with Gasteiger partial charge in [-0.15, -0.1) is 0 Å². The number of anilines is 1. The Bertz CT molecular complexity index is 519. The van der Waals surface area contributed by atoms with E-state index in [9.17, 15) is 0 Å². The fraction of sp³-hybridized carbons (Fsp3) is 0.765. The molecule has 0 aliphatic carbocycles. The second kappa shape index (κ2) is 7.81. The lowest BCUT2D eigenvalue weighted by atomic mass is 10.1. The molecule has 23 heavy (non-hydrogen) atoms. The van der Waals surface area contributed by atoms with Gasteiger partial charge in [0, 0.05) is 63.4 Å². The molecule has 5 nitrogen and oxygen atoms in total. The van der Waals surface area contributed by atoms with Crippen molar-refractivity contribution in [2.45, 2.75) is 38.4 Å². The number of hydrogen-bond acceptors (Lipinski definition) is 6. The van der Waals surface area contributed by atoms with Gasteiger partial charge in [-0.05, 0) is 19.8 Å². The summed E-state index contributed by atoms with van der Waals surface area (Å²) in [6.45, 7) is 5.57. The summed E-state index contributed by atoms with van der Waals surface area (Å²) in [6, 6.07) is 0. The Morgan fingerprint density at radius 2 is 2.00 bits per heavy atom. The molecule has 0 saturated carbocycles. The minimum absolute atomic E-state index is 0.275. The Balaban J connectivity index is 1.52. The molecule has 6 heteroatoms. The molecule has 2 aliphatic rings. The number of aryl methyl sites for hydroxylation is 1. The third-order valence-electron chi connectivity index (χ3n) is 4.59. The number of ether oxygens (including phenoxy) is 1. The largest absolute Gasteiger partial charge is 0.373 e. The van der Waals surface area contributed by atoms with Crippen molar-refractivity contribution >= 4 is 17.6 Å². The van der Waals surface area contributed by atoms with E-state index in [0.29, 0.717) is 6.10 Å². The molecular weight excluding hydrogens is 308 g/mol. The zero-order valence-corrected chi connectivity index (χ0v) is 15.3. The molecule has 1 aromatic rings. The SMILES string of the molecule is Cc1cnc(C[C@@H]2CC[C@H](CN3CCSCC3)O2)nc1N(C)C. The van der Waals surface area contributed by atoms with Crippen LogP contribution in [-0.2, 0) is 11.2 Å². The zero-order valence-electron chi connectivity index (χ0n) is 14.5. The van der Waals surface area contributed by atoms with Crippen molar-refractivity contribution in [2.75, 3.05) is 50.1 Å². The number of aromatic nitrogens is 2. The van der Waals surface area contributed by atoms with Crippen LogP contribution in [0.1, 0.15) is 24.2 Å². The van der Waals surface area contributed by atoms with E-state index in [2.05, 4.69) is 28.6 Å². The Kier molecular flexibility index (Phi) is 5.77. The van der Waals surface area contributed by atoms with Crippen LogP contribution in [0.5, 0.6) is 0 Å². The Hall–Kier alpha value is -0.850. The lowest BCUT2D eigenvalue weighted by Gasteiger charge is -2.28. The summed E-state index contributed by atoms with van der Waals surface area (Å²) in [6.07, 6.45) is 5.71. The molecule has 0 unspecified atom stereocenters. The minimum Gasteiger partial charge on any atom is -0.373 e. The first-order chi connectivity index (χ1) is 11.1. The maximum atomic E-state index is 6.26. The van der Waals surface area contributed by atoms with Crippen molar-refractivity contribution in [3.05, 3.63) is 17.6 Å². The summed E-state index contributed by atoms with van der Waals surface area (Å²) >= 11 is 2.06. The van der Waals surface area contributed by atoms with Gasteiger partial charge in [-0.3, -0.25) is 4.90 Å². The van der Waals surface area contributed by atoms with Crippen LogP contribution in [0, 0.1) is 6.92 Å². The highest BCUT2D eigenvalue weighted by molar-refractivity contribution is 7.99. The van der Waals surface area contributed by atoms with Crippen LogP contribution in [0.15, 0.2) is 6.20 Å². The molecule has 2 aliphatic heterocycles. The molecule has 0 bridgehead atoms. The maximum Gasteiger partial charge on any atom is 0.134 e. The third-order valence-corrected chi connectivity index (χ3v) is 5.53. The van der Waals surface area contributed by atoms with E-state index in [-0.39, 0.29) is 6.10 Å². The number of thioether (sulfide) groups is 1. The third kappa shape index (κ3) is 4.58. The molecule has 0 N–H and O–H groups in total. The van der Waals surface area contributed by atoms with Gasteiger partial charge in [-0.2, -0.15) is 11.8 Å². The van der Waals surface area contributed by atoms with Crippen LogP contribution in [0.2, 0.25) is 0 Å². The molecule has 2 saturated heterocycles. The van der Waals surface area contributed by atoms with E-state index in [4.69, 9.17) is 9.72 Å². The highest BCUT2D eigenvalue weighted by Crippen LogP contribution is 2.24.